The van der Waals surface area contributed by atoms with E-state index in [2.05, 4.69) is 47.1 Å². The second kappa shape index (κ2) is 3.69. The molecule has 0 spiro atoms. The van der Waals surface area contributed by atoms with Crippen LogP contribution in [0.3, 0.4) is 0 Å². The second-order valence-corrected chi connectivity index (χ2v) is 9.37. The maximum Gasteiger partial charge on any atom is 0.0529 e. The fraction of sp³-hybridized carbons (Fsp3) is 0.286. The fourth-order valence-corrected chi connectivity index (χ4v) is 8.61. The zero-order valence-electron chi connectivity index (χ0n) is 9.51. The van der Waals surface area contributed by atoms with Gasteiger partial charge in [0.25, 0.3) is 0 Å². The summed E-state index contributed by atoms with van der Waals surface area (Å²) in [7, 11) is 0. The average Bonchev–Trinajstić information content (AvgIpc) is 3.04. The summed E-state index contributed by atoms with van der Waals surface area (Å²) >= 11 is 8.13. The Kier molecular flexibility index (Phi) is 2.17. The van der Waals surface area contributed by atoms with Crippen LogP contribution in [0.2, 0.25) is 0 Å². The van der Waals surface area contributed by atoms with Gasteiger partial charge in [-0.2, -0.15) is 11.8 Å². The average molecular weight is 307 g/mol. The lowest BCUT2D eigenvalue weighted by molar-refractivity contribution is 0.867. The Bertz CT molecular complexity index is 767. The molecule has 2 aliphatic heterocycles. The lowest BCUT2D eigenvalue weighted by atomic mass is 10.1. The molecule has 90 valence electrons. The number of hydrogen-bond acceptors (Lipinski definition) is 4. The van der Waals surface area contributed by atoms with Gasteiger partial charge in [0.15, 0.2) is 0 Å². The van der Waals surface area contributed by atoms with Crippen molar-refractivity contribution in [2.24, 2.45) is 0 Å². The maximum absolute atomic E-state index is 2.48. The Hall–Kier alpha value is -0.160. The van der Waals surface area contributed by atoms with Crippen LogP contribution >= 0.6 is 46.2 Å². The van der Waals surface area contributed by atoms with E-state index in [-0.39, 0.29) is 0 Å². The van der Waals surface area contributed by atoms with Gasteiger partial charge in [-0.3, -0.25) is 0 Å². The molecule has 4 heterocycles. The maximum atomic E-state index is 2.48. The van der Waals surface area contributed by atoms with Gasteiger partial charge in [0.05, 0.1) is 4.70 Å². The smallest absolute Gasteiger partial charge is 0.0529 e. The van der Waals surface area contributed by atoms with Gasteiger partial charge in [-0.25, -0.2) is 0 Å². The second-order valence-electron chi connectivity index (χ2n) is 4.84. The van der Waals surface area contributed by atoms with Crippen LogP contribution in [0.4, 0.5) is 0 Å². The highest BCUT2D eigenvalue weighted by atomic mass is 32.2. The van der Waals surface area contributed by atoms with Crippen molar-refractivity contribution in [2.75, 3.05) is 5.75 Å². The van der Waals surface area contributed by atoms with Crippen LogP contribution in [0, 0.1) is 0 Å². The Morgan fingerprint density at radius 1 is 1.17 bits per heavy atom. The van der Waals surface area contributed by atoms with Crippen molar-refractivity contribution < 1.29 is 0 Å². The van der Waals surface area contributed by atoms with E-state index >= 15 is 0 Å². The molecule has 4 heteroatoms. The van der Waals surface area contributed by atoms with Gasteiger partial charge >= 0.3 is 0 Å². The van der Waals surface area contributed by atoms with Crippen molar-refractivity contribution in [1.29, 1.82) is 0 Å². The molecule has 0 amide bonds. The monoisotopic (exact) mass is 306 g/mol. The minimum Gasteiger partial charge on any atom is -0.153 e. The van der Waals surface area contributed by atoms with Gasteiger partial charge in [-0.05, 0) is 41.3 Å². The largest absolute Gasteiger partial charge is 0.153 e. The van der Waals surface area contributed by atoms with Gasteiger partial charge in [-0.15, -0.1) is 34.4 Å². The van der Waals surface area contributed by atoms with Crippen molar-refractivity contribution in [3.8, 4) is 0 Å². The van der Waals surface area contributed by atoms with Gasteiger partial charge in [0, 0.05) is 30.2 Å². The first-order chi connectivity index (χ1) is 8.90. The Balaban J connectivity index is 1.83. The van der Waals surface area contributed by atoms with E-state index < -0.39 is 0 Å². The van der Waals surface area contributed by atoms with Gasteiger partial charge in [0.2, 0.25) is 0 Å². The molecule has 5 rings (SSSR count). The van der Waals surface area contributed by atoms with E-state index in [9.17, 15) is 0 Å². The number of fused-ring (bicyclic) bond motifs is 6. The number of thioether (sulfide) groups is 2. The standard InChI is InChI=1S/C14H10S4/c1-3-15-13-7-5-12-8(6-11(7)17-9(1)13)14-10(18-12)2-4-16-14/h1,3,5-6,10,14H,2,4H2. The molecule has 0 bridgehead atoms. The van der Waals surface area contributed by atoms with E-state index in [0.29, 0.717) is 0 Å². The van der Waals surface area contributed by atoms with Crippen LogP contribution in [0.1, 0.15) is 17.2 Å². The van der Waals surface area contributed by atoms with E-state index in [1.807, 2.05) is 22.7 Å². The highest BCUT2D eigenvalue weighted by molar-refractivity contribution is 8.05. The molecular formula is C14H10S4. The third-order valence-corrected chi connectivity index (χ3v) is 9.03. The number of thiophene rings is 2. The van der Waals surface area contributed by atoms with Crippen LogP contribution in [-0.4, -0.2) is 11.0 Å². The highest BCUT2D eigenvalue weighted by Crippen LogP contribution is 2.57. The first-order valence-corrected chi connectivity index (χ1v) is 9.74. The molecule has 0 aliphatic carbocycles. The van der Waals surface area contributed by atoms with Crippen molar-refractivity contribution in [1.82, 2.24) is 0 Å². The van der Waals surface area contributed by atoms with Crippen molar-refractivity contribution in [3.63, 3.8) is 0 Å². The lowest BCUT2D eigenvalue weighted by Gasteiger charge is -2.06. The Labute approximate surface area is 122 Å². The summed E-state index contributed by atoms with van der Waals surface area (Å²) in [5, 5.41) is 5.32. The van der Waals surface area contributed by atoms with Crippen LogP contribution in [0.25, 0.3) is 19.5 Å². The van der Waals surface area contributed by atoms with Crippen molar-refractivity contribution in [3.05, 3.63) is 29.1 Å². The topological polar surface area (TPSA) is 0 Å². The summed E-state index contributed by atoms with van der Waals surface area (Å²) in [5.74, 6) is 1.35. The quantitative estimate of drug-likeness (QED) is 0.517. The number of hydrogen-bond donors (Lipinski definition) is 0. The minimum absolute atomic E-state index is 0.773. The molecule has 2 atom stereocenters. The molecule has 0 N–H and O–H groups in total. The summed E-state index contributed by atoms with van der Waals surface area (Å²) in [5.41, 5.74) is 1.62. The summed E-state index contributed by atoms with van der Waals surface area (Å²) in [4.78, 5) is 1.55. The number of benzene rings is 1. The predicted octanol–water partition coefficient (Wildman–Crippen LogP) is 5.77. The Morgan fingerprint density at radius 2 is 2.17 bits per heavy atom. The Morgan fingerprint density at radius 3 is 3.17 bits per heavy atom. The van der Waals surface area contributed by atoms with Crippen LogP contribution < -0.4 is 0 Å². The summed E-state index contributed by atoms with van der Waals surface area (Å²) in [6.45, 7) is 0. The summed E-state index contributed by atoms with van der Waals surface area (Å²) in [6.07, 6.45) is 1.39. The normalized spacial score (nSPS) is 26.0. The molecule has 3 aromatic rings. The molecule has 2 aromatic heterocycles. The molecule has 1 fully saturated rings. The van der Waals surface area contributed by atoms with Gasteiger partial charge in [-0.1, -0.05) is 0 Å². The summed E-state index contributed by atoms with van der Waals surface area (Å²) < 4.78 is 4.44. The molecule has 18 heavy (non-hydrogen) atoms. The third-order valence-electron chi connectivity index (χ3n) is 3.83. The van der Waals surface area contributed by atoms with Crippen LogP contribution in [0.5, 0.6) is 0 Å². The minimum atomic E-state index is 0.773. The predicted molar refractivity (Wildman–Crippen MR) is 86.7 cm³/mol. The highest BCUT2D eigenvalue weighted by Gasteiger charge is 2.37. The molecule has 2 aliphatic rings. The van der Waals surface area contributed by atoms with Crippen molar-refractivity contribution in [2.45, 2.75) is 21.8 Å². The van der Waals surface area contributed by atoms with Crippen LogP contribution in [0.15, 0.2) is 28.5 Å². The van der Waals surface area contributed by atoms with Gasteiger partial charge in [0.1, 0.15) is 0 Å². The first kappa shape index (κ1) is 10.6. The SMILES string of the molecule is c1cc2sc3cc4c(cc3c2s1)SC1CCSC41. The molecule has 0 nitrogen and oxygen atoms in total. The third kappa shape index (κ3) is 1.30. The molecule has 2 unspecified atom stereocenters. The molecule has 1 saturated heterocycles. The van der Waals surface area contributed by atoms with E-state index in [4.69, 9.17) is 0 Å². The van der Waals surface area contributed by atoms with E-state index in [0.717, 1.165) is 10.5 Å². The lowest BCUT2D eigenvalue weighted by Crippen LogP contribution is -1.97. The molecule has 1 aromatic carbocycles. The number of rotatable bonds is 0. The summed E-state index contributed by atoms with van der Waals surface area (Å²) in [6, 6.07) is 7.21. The van der Waals surface area contributed by atoms with E-state index in [1.54, 1.807) is 10.5 Å². The molecule has 0 radical (unpaired) electrons. The fourth-order valence-electron chi connectivity index (χ4n) is 3.00. The molecule has 0 saturated carbocycles. The van der Waals surface area contributed by atoms with Crippen LogP contribution in [-0.2, 0) is 0 Å². The van der Waals surface area contributed by atoms with Gasteiger partial charge < -0.3 is 0 Å². The van der Waals surface area contributed by atoms with Crippen molar-refractivity contribution >= 4 is 65.7 Å². The zero-order valence-corrected chi connectivity index (χ0v) is 12.8. The molecular weight excluding hydrogens is 296 g/mol. The zero-order chi connectivity index (χ0) is 11.7. The van der Waals surface area contributed by atoms with E-state index in [1.165, 1.54) is 31.7 Å². The first-order valence-electron chi connectivity index (χ1n) is 6.12.